The van der Waals surface area contributed by atoms with E-state index in [0.717, 1.165) is 48.9 Å². The highest BCUT2D eigenvalue weighted by atomic mass is 32.2. The molecule has 4 aromatic rings. The Morgan fingerprint density at radius 1 is 0.914 bits per heavy atom. The molecule has 3 aromatic carbocycles. The van der Waals surface area contributed by atoms with Gasteiger partial charge in [-0.2, -0.15) is 0 Å². The minimum Gasteiger partial charge on any atom is -0.378 e. The summed E-state index contributed by atoms with van der Waals surface area (Å²) in [6.07, 6.45) is 0. The molecule has 5 rings (SSSR count). The van der Waals surface area contributed by atoms with Crippen molar-refractivity contribution in [2.24, 2.45) is 0 Å². The molecule has 0 spiro atoms. The van der Waals surface area contributed by atoms with Crippen LogP contribution in [0.25, 0.3) is 17.1 Å². The number of rotatable bonds is 7. The Bertz CT molecular complexity index is 1270. The number of anilines is 2. The summed E-state index contributed by atoms with van der Waals surface area (Å²) in [7, 11) is 0. The highest BCUT2D eigenvalue weighted by Gasteiger charge is 2.18. The lowest BCUT2D eigenvalue weighted by molar-refractivity contribution is -0.113. The second-order valence-corrected chi connectivity index (χ2v) is 8.91. The zero-order valence-corrected chi connectivity index (χ0v) is 19.7. The number of nitrogens with zero attached hydrogens (tertiary/aromatic N) is 4. The van der Waals surface area contributed by atoms with Crippen LogP contribution in [0.15, 0.2) is 84.0 Å². The van der Waals surface area contributed by atoms with Crippen LogP contribution in [0.5, 0.6) is 0 Å². The Morgan fingerprint density at radius 3 is 2.34 bits per heavy atom. The molecule has 1 aromatic heterocycles. The van der Waals surface area contributed by atoms with E-state index in [0.29, 0.717) is 11.0 Å². The number of benzene rings is 3. The van der Waals surface area contributed by atoms with Gasteiger partial charge in [0.15, 0.2) is 11.0 Å². The first-order valence-corrected chi connectivity index (χ1v) is 12.3. The van der Waals surface area contributed by atoms with Crippen molar-refractivity contribution in [3.63, 3.8) is 0 Å². The van der Waals surface area contributed by atoms with Gasteiger partial charge in [0.1, 0.15) is 5.82 Å². The van der Waals surface area contributed by atoms with Gasteiger partial charge in [0.25, 0.3) is 0 Å². The third kappa shape index (κ3) is 5.52. The summed E-state index contributed by atoms with van der Waals surface area (Å²) < 4.78 is 20.7. The number of ether oxygens (including phenoxy) is 1. The van der Waals surface area contributed by atoms with E-state index in [1.54, 1.807) is 12.1 Å². The van der Waals surface area contributed by atoms with E-state index in [2.05, 4.69) is 20.4 Å². The first-order valence-electron chi connectivity index (χ1n) is 11.3. The lowest BCUT2D eigenvalue weighted by Crippen LogP contribution is -2.36. The SMILES string of the molecule is O=C(CSc1nnc(-c2ccc(F)cc2)n1-c1ccccc1)Nc1ccc(N2CCOCC2)cc1. The third-order valence-electron chi connectivity index (χ3n) is 5.61. The van der Waals surface area contributed by atoms with Gasteiger partial charge in [-0.25, -0.2) is 4.39 Å². The second kappa shape index (κ2) is 10.7. The maximum atomic E-state index is 13.4. The Kier molecular flexibility index (Phi) is 7.06. The molecule has 7 nitrogen and oxygen atoms in total. The number of thioether (sulfide) groups is 1. The van der Waals surface area contributed by atoms with Crippen molar-refractivity contribution in [2.45, 2.75) is 5.16 Å². The third-order valence-corrected chi connectivity index (χ3v) is 6.54. The zero-order valence-electron chi connectivity index (χ0n) is 18.9. The highest BCUT2D eigenvalue weighted by Crippen LogP contribution is 2.28. The number of para-hydroxylation sites is 1. The lowest BCUT2D eigenvalue weighted by Gasteiger charge is -2.28. The minimum absolute atomic E-state index is 0.139. The summed E-state index contributed by atoms with van der Waals surface area (Å²) in [5, 5.41) is 12.2. The van der Waals surface area contributed by atoms with Gasteiger partial charge < -0.3 is 15.0 Å². The van der Waals surface area contributed by atoms with Crippen LogP contribution in [-0.2, 0) is 9.53 Å². The fourth-order valence-electron chi connectivity index (χ4n) is 3.86. The lowest BCUT2D eigenvalue weighted by atomic mass is 10.2. The Morgan fingerprint density at radius 2 is 1.63 bits per heavy atom. The summed E-state index contributed by atoms with van der Waals surface area (Å²) in [5.74, 6) is 0.293. The fourth-order valence-corrected chi connectivity index (χ4v) is 4.62. The minimum atomic E-state index is -0.316. The smallest absolute Gasteiger partial charge is 0.234 e. The molecule has 1 aliphatic heterocycles. The molecule has 0 saturated carbocycles. The molecule has 178 valence electrons. The van der Waals surface area contributed by atoms with E-state index < -0.39 is 0 Å². The number of carbonyl (C=O) groups excluding carboxylic acids is 1. The molecule has 0 atom stereocenters. The van der Waals surface area contributed by atoms with Gasteiger partial charge in [-0.3, -0.25) is 9.36 Å². The van der Waals surface area contributed by atoms with Crippen molar-refractivity contribution >= 4 is 29.0 Å². The summed E-state index contributed by atoms with van der Waals surface area (Å²) in [4.78, 5) is 14.9. The van der Waals surface area contributed by atoms with Crippen LogP contribution in [0.4, 0.5) is 15.8 Å². The monoisotopic (exact) mass is 489 g/mol. The maximum Gasteiger partial charge on any atom is 0.234 e. The summed E-state index contributed by atoms with van der Waals surface area (Å²) in [6.45, 7) is 3.19. The zero-order chi connectivity index (χ0) is 24.0. The highest BCUT2D eigenvalue weighted by molar-refractivity contribution is 7.99. The average molecular weight is 490 g/mol. The quantitative estimate of drug-likeness (QED) is 0.382. The fraction of sp³-hybridized carbons (Fsp3) is 0.192. The van der Waals surface area contributed by atoms with Gasteiger partial charge in [0, 0.05) is 35.7 Å². The number of aromatic nitrogens is 3. The summed E-state index contributed by atoms with van der Waals surface area (Å²) >= 11 is 1.29. The molecule has 1 N–H and O–H groups in total. The molecule has 1 saturated heterocycles. The molecule has 9 heteroatoms. The van der Waals surface area contributed by atoms with Crippen molar-refractivity contribution in [1.29, 1.82) is 0 Å². The van der Waals surface area contributed by atoms with Crippen LogP contribution in [-0.4, -0.2) is 52.7 Å². The molecule has 1 amide bonds. The van der Waals surface area contributed by atoms with Crippen molar-refractivity contribution < 1.29 is 13.9 Å². The van der Waals surface area contributed by atoms with Crippen LogP contribution in [0, 0.1) is 5.82 Å². The Balaban J connectivity index is 1.28. The van der Waals surface area contributed by atoms with Crippen molar-refractivity contribution in [1.82, 2.24) is 14.8 Å². The van der Waals surface area contributed by atoms with E-state index in [-0.39, 0.29) is 17.5 Å². The predicted molar refractivity (Wildman–Crippen MR) is 136 cm³/mol. The first kappa shape index (κ1) is 23.1. The number of halogens is 1. The van der Waals surface area contributed by atoms with E-state index >= 15 is 0 Å². The van der Waals surface area contributed by atoms with Crippen LogP contribution in [0.3, 0.4) is 0 Å². The Labute approximate surface area is 206 Å². The molecule has 1 fully saturated rings. The number of amides is 1. The summed E-state index contributed by atoms with van der Waals surface area (Å²) in [6, 6.07) is 23.6. The average Bonchev–Trinajstić information content (AvgIpc) is 3.33. The van der Waals surface area contributed by atoms with E-state index in [1.165, 1.54) is 23.9 Å². The van der Waals surface area contributed by atoms with Gasteiger partial charge in [0.05, 0.1) is 19.0 Å². The van der Waals surface area contributed by atoms with E-state index in [4.69, 9.17) is 4.74 Å². The van der Waals surface area contributed by atoms with Gasteiger partial charge >= 0.3 is 0 Å². The van der Waals surface area contributed by atoms with Crippen molar-refractivity contribution in [3.05, 3.63) is 84.7 Å². The van der Waals surface area contributed by atoms with Gasteiger partial charge in [-0.1, -0.05) is 30.0 Å². The number of morpholine rings is 1. The van der Waals surface area contributed by atoms with Crippen molar-refractivity contribution in [2.75, 3.05) is 42.3 Å². The van der Waals surface area contributed by atoms with Gasteiger partial charge in [-0.05, 0) is 60.7 Å². The largest absolute Gasteiger partial charge is 0.378 e. The molecule has 2 heterocycles. The van der Waals surface area contributed by atoms with Crippen LogP contribution in [0.2, 0.25) is 0 Å². The number of carbonyl (C=O) groups is 1. The van der Waals surface area contributed by atoms with E-state index in [1.807, 2.05) is 59.2 Å². The molecule has 0 unspecified atom stereocenters. The number of hydrogen-bond acceptors (Lipinski definition) is 6. The second-order valence-electron chi connectivity index (χ2n) is 7.97. The van der Waals surface area contributed by atoms with Gasteiger partial charge in [0.2, 0.25) is 5.91 Å². The van der Waals surface area contributed by atoms with Gasteiger partial charge in [-0.15, -0.1) is 10.2 Å². The van der Waals surface area contributed by atoms with Crippen LogP contribution < -0.4 is 10.2 Å². The van der Waals surface area contributed by atoms with Crippen molar-refractivity contribution in [3.8, 4) is 17.1 Å². The summed E-state index contributed by atoms with van der Waals surface area (Å²) in [5.41, 5.74) is 3.45. The molecule has 1 aliphatic rings. The standard InChI is InChI=1S/C26H24FN5O2S/c27-20-8-6-19(7-9-20)25-29-30-26(32(25)23-4-2-1-3-5-23)35-18-24(33)28-21-10-12-22(13-11-21)31-14-16-34-17-15-31/h1-13H,14-18H2,(H,28,33). The Hall–Kier alpha value is -3.69. The number of hydrogen-bond donors (Lipinski definition) is 1. The molecule has 35 heavy (non-hydrogen) atoms. The predicted octanol–water partition coefficient (Wildman–Crippen LogP) is 4.64. The normalized spacial score (nSPS) is 13.6. The van der Waals surface area contributed by atoms with Crippen LogP contribution in [0.1, 0.15) is 0 Å². The molecular formula is C26H24FN5O2S. The molecule has 0 bridgehead atoms. The van der Waals surface area contributed by atoms with Crippen LogP contribution >= 0.6 is 11.8 Å². The maximum absolute atomic E-state index is 13.4. The first-order chi connectivity index (χ1) is 17.2. The molecule has 0 radical (unpaired) electrons. The number of nitrogens with one attached hydrogen (secondary N) is 1. The molecule has 0 aliphatic carbocycles. The van der Waals surface area contributed by atoms with E-state index in [9.17, 15) is 9.18 Å². The molecular weight excluding hydrogens is 465 g/mol. The topological polar surface area (TPSA) is 72.3 Å².